The maximum absolute atomic E-state index is 12.6. The van der Waals surface area contributed by atoms with E-state index in [1.165, 1.54) is 13.3 Å². The number of nitrogens with zero attached hydrogens (tertiary/aromatic N) is 1. The molecule has 0 bridgehead atoms. The molecule has 9 heteroatoms. The molecular formula is C20H22BrN3O5. The van der Waals surface area contributed by atoms with E-state index in [1.807, 2.05) is 30.3 Å². The number of halogens is 1. The van der Waals surface area contributed by atoms with Crippen LogP contribution in [0.3, 0.4) is 0 Å². The predicted molar refractivity (Wildman–Crippen MR) is 112 cm³/mol. The fraction of sp³-hybridized carbons (Fsp3) is 0.250. The molecule has 0 aliphatic heterocycles. The summed E-state index contributed by atoms with van der Waals surface area (Å²) in [7, 11) is 1.43. The number of carbonyl (C=O) groups excluding carboxylic acids is 2. The van der Waals surface area contributed by atoms with E-state index < -0.39 is 18.0 Å². The van der Waals surface area contributed by atoms with Crippen LogP contribution in [-0.2, 0) is 16.0 Å². The van der Waals surface area contributed by atoms with Gasteiger partial charge in [0.05, 0.1) is 24.4 Å². The molecule has 0 heterocycles. The van der Waals surface area contributed by atoms with Crippen molar-refractivity contribution < 1.29 is 24.2 Å². The van der Waals surface area contributed by atoms with Gasteiger partial charge in [0.25, 0.3) is 5.91 Å². The topological polar surface area (TPSA) is 109 Å². The number of amides is 2. The molecular weight excluding hydrogens is 442 g/mol. The number of rotatable bonds is 8. The van der Waals surface area contributed by atoms with Crippen molar-refractivity contribution in [1.82, 2.24) is 10.7 Å². The van der Waals surface area contributed by atoms with E-state index in [9.17, 15) is 14.7 Å². The van der Waals surface area contributed by atoms with Crippen molar-refractivity contribution in [3.63, 3.8) is 0 Å². The van der Waals surface area contributed by atoms with Gasteiger partial charge in [-0.2, -0.15) is 5.10 Å². The number of ether oxygens (including phenoxy) is 2. The highest BCUT2D eigenvalue weighted by Gasteiger charge is 2.21. The average molecular weight is 464 g/mol. The van der Waals surface area contributed by atoms with Crippen molar-refractivity contribution in [1.29, 1.82) is 0 Å². The van der Waals surface area contributed by atoms with Crippen molar-refractivity contribution in [2.45, 2.75) is 19.4 Å². The first-order valence-corrected chi connectivity index (χ1v) is 9.60. The SMILES string of the molecule is CCOC(=O)N[C@H](Cc1ccccc1)C(=O)N/N=C\c1cc(Br)c(O)c(OC)c1. The standard InChI is InChI=1S/C20H22BrN3O5/c1-3-29-20(27)23-16(10-13-7-5-4-6-8-13)19(26)24-22-12-14-9-15(21)18(25)17(11-14)28-2/h4-9,11-12,16,25H,3,10H2,1-2H3,(H,23,27)(H,24,26)/b22-12-/t16-/m1/s1. The Labute approximate surface area is 177 Å². The number of hydrogen-bond acceptors (Lipinski definition) is 6. The van der Waals surface area contributed by atoms with Gasteiger partial charge in [0.2, 0.25) is 0 Å². The first-order valence-electron chi connectivity index (χ1n) is 8.81. The largest absolute Gasteiger partial charge is 0.503 e. The quantitative estimate of drug-likeness (QED) is 0.411. The Morgan fingerprint density at radius 1 is 1.28 bits per heavy atom. The van der Waals surface area contributed by atoms with Crippen LogP contribution in [0.25, 0.3) is 0 Å². The van der Waals surface area contributed by atoms with Crippen LogP contribution in [0, 0.1) is 0 Å². The summed E-state index contributed by atoms with van der Waals surface area (Å²) in [6, 6.07) is 11.6. The number of nitrogens with one attached hydrogen (secondary N) is 2. The Bertz CT molecular complexity index is 874. The van der Waals surface area contributed by atoms with Gasteiger partial charge in [-0.3, -0.25) is 4.79 Å². The van der Waals surface area contributed by atoms with Gasteiger partial charge in [0.15, 0.2) is 11.5 Å². The fourth-order valence-corrected chi connectivity index (χ4v) is 2.91. The zero-order valence-corrected chi connectivity index (χ0v) is 17.6. The molecule has 1 atom stereocenters. The molecule has 0 saturated heterocycles. The van der Waals surface area contributed by atoms with Gasteiger partial charge in [-0.25, -0.2) is 10.2 Å². The Kier molecular flexibility index (Phi) is 8.47. The number of methoxy groups -OCH3 is 1. The maximum Gasteiger partial charge on any atom is 0.407 e. The zero-order valence-electron chi connectivity index (χ0n) is 16.0. The van der Waals surface area contributed by atoms with Crippen molar-refractivity contribution in [3.05, 3.63) is 58.1 Å². The molecule has 0 aromatic heterocycles. The number of hydrazone groups is 1. The van der Waals surface area contributed by atoms with Gasteiger partial charge in [0, 0.05) is 6.42 Å². The summed E-state index contributed by atoms with van der Waals surface area (Å²) in [6.07, 6.45) is 0.994. The third kappa shape index (κ3) is 6.79. The lowest BCUT2D eigenvalue weighted by atomic mass is 10.1. The number of phenolic OH excluding ortho intramolecular Hbond substituents is 1. The van der Waals surface area contributed by atoms with Crippen LogP contribution in [0.15, 0.2) is 52.0 Å². The van der Waals surface area contributed by atoms with Crippen LogP contribution in [0.2, 0.25) is 0 Å². The lowest BCUT2D eigenvalue weighted by molar-refractivity contribution is -0.123. The summed E-state index contributed by atoms with van der Waals surface area (Å²) in [5, 5.41) is 16.3. The van der Waals surface area contributed by atoms with Crippen LogP contribution in [0.5, 0.6) is 11.5 Å². The van der Waals surface area contributed by atoms with Crippen molar-refractivity contribution in [2.24, 2.45) is 5.10 Å². The number of alkyl carbamates (subject to hydrolysis) is 1. The monoisotopic (exact) mass is 463 g/mol. The van der Waals surface area contributed by atoms with Gasteiger partial charge < -0.3 is 19.9 Å². The van der Waals surface area contributed by atoms with E-state index in [2.05, 4.69) is 31.8 Å². The second kappa shape index (κ2) is 11.1. The smallest absolute Gasteiger partial charge is 0.407 e. The molecule has 2 aromatic rings. The van der Waals surface area contributed by atoms with Crippen LogP contribution >= 0.6 is 15.9 Å². The minimum atomic E-state index is -0.866. The lowest BCUT2D eigenvalue weighted by Gasteiger charge is -2.16. The molecule has 2 amide bonds. The molecule has 2 rings (SSSR count). The van der Waals surface area contributed by atoms with Crippen LogP contribution in [0.4, 0.5) is 4.79 Å². The van der Waals surface area contributed by atoms with Crippen molar-refractivity contribution in [2.75, 3.05) is 13.7 Å². The fourth-order valence-electron chi connectivity index (χ4n) is 2.45. The van der Waals surface area contributed by atoms with Crippen LogP contribution < -0.4 is 15.5 Å². The van der Waals surface area contributed by atoms with Crippen LogP contribution in [0.1, 0.15) is 18.1 Å². The normalized spacial score (nSPS) is 11.7. The summed E-state index contributed by atoms with van der Waals surface area (Å²) >= 11 is 3.22. The third-order valence-corrected chi connectivity index (χ3v) is 4.43. The van der Waals surface area contributed by atoms with Gasteiger partial charge in [-0.15, -0.1) is 0 Å². The predicted octanol–water partition coefficient (Wildman–Crippen LogP) is 2.97. The highest BCUT2D eigenvalue weighted by molar-refractivity contribution is 9.10. The summed E-state index contributed by atoms with van der Waals surface area (Å²) in [4.78, 5) is 24.3. The lowest BCUT2D eigenvalue weighted by Crippen LogP contribution is -2.47. The second-order valence-electron chi connectivity index (χ2n) is 5.89. The van der Waals surface area contributed by atoms with Gasteiger partial charge in [-0.05, 0) is 46.1 Å². The maximum atomic E-state index is 12.6. The first-order chi connectivity index (χ1) is 13.9. The second-order valence-corrected chi connectivity index (χ2v) is 6.75. The summed E-state index contributed by atoms with van der Waals surface area (Å²) < 4.78 is 10.4. The molecule has 8 nitrogen and oxygen atoms in total. The Morgan fingerprint density at radius 2 is 2.00 bits per heavy atom. The van der Waals surface area contributed by atoms with Gasteiger partial charge in [-0.1, -0.05) is 30.3 Å². The highest BCUT2D eigenvalue weighted by atomic mass is 79.9. The molecule has 3 N–H and O–H groups in total. The van der Waals surface area contributed by atoms with E-state index in [0.717, 1.165) is 5.56 Å². The van der Waals surface area contributed by atoms with E-state index in [1.54, 1.807) is 19.1 Å². The zero-order chi connectivity index (χ0) is 21.2. The highest BCUT2D eigenvalue weighted by Crippen LogP contribution is 2.34. The van der Waals surface area contributed by atoms with Crippen molar-refractivity contribution >= 4 is 34.1 Å². The Balaban J connectivity index is 2.09. The minimum Gasteiger partial charge on any atom is -0.503 e. The van der Waals surface area contributed by atoms with E-state index in [4.69, 9.17) is 9.47 Å². The van der Waals surface area contributed by atoms with Crippen molar-refractivity contribution in [3.8, 4) is 11.5 Å². The molecule has 2 aromatic carbocycles. The molecule has 0 aliphatic carbocycles. The van der Waals surface area contributed by atoms with E-state index in [-0.39, 0.29) is 24.5 Å². The Hall–Kier alpha value is -3.07. The number of carbonyl (C=O) groups is 2. The van der Waals surface area contributed by atoms with E-state index >= 15 is 0 Å². The number of benzene rings is 2. The minimum absolute atomic E-state index is 0.0322. The summed E-state index contributed by atoms with van der Waals surface area (Å²) in [6.45, 7) is 1.88. The van der Waals surface area contributed by atoms with Crippen LogP contribution in [-0.4, -0.2) is 43.1 Å². The number of phenols is 1. The molecule has 0 fully saturated rings. The molecule has 0 saturated carbocycles. The van der Waals surface area contributed by atoms with E-state index in [0.29, 0.717) is 10.0 Å². The molecule has 154 valence electrons. The molecule has 29 heavy (non-hydrogen) atoms. The summed E-state index contributed by atoms with van der Waals surface area (Å²) in [5.41, 5.74) is 3.88. The molecule has 0 radical (unpaired) electrons. The molecule has 0 spiro atoms. The summed E-state index contributed by atoms with van der Waals surface area (Å²) in [5.74, 6) is -0.267. The Morgan fingerprint density at radius 3 is 2.66 bits per heavy atom. The third-order valence-electron chi connectivity index (χ3n) is 3.83. The molecule has 0 unspecified atom stereocenters. The number of aromatic hydroxyl groups is 1. The average Bonchev–Trinajstić information content (AvgIpc) is 2.70. The van der Waals surface area contributed by atoms with Gasteiger partial charge in [0.1, 0.15) is 6.04 Å². The first kappa shape index (κ1) is 22.2. The van der Waals surface area contributed by atoms with Gasteiger partial charge >= 0.3 is 6.09 Å². The molecule has 0 aliphatic rings. The number of hydrogen-bond donors (Lipinski definition) is 3.